The fourth-order valence-corrected chi connectivity index (χ4v) is 4.80. The molecule has 11 heteroatoms. The Morgan fingerprint density at radius 3 is 2.56 bits per heavy atom. The van der Waals surface area contributed by atoms with Crippen LogP contribution in [0.15, 0.2) is 24.5 Å². The Morgan fingerprint density at radius 1 is 1.12 bits per heavy atom. The predicted molar refractivity (Wildman–Crippen MR) is 112 cm³/mol. The van der Waals surface area contributed by atoms with E-state index in [0.717, 1.165) is 43.0 Å². The molecule has 32 heavy (non-hydrogen) atoms. The van der Waals surface area contributed by atoms with Crippen molar-refractivity contribution in [1.29, 1.82) is 0 Å². The summed E-state index contributed by atoms with van der Waals surface area (Å²) >= 11 is 0. The monoisotopic (exact) mass is 447 g/mol. The average Bonchev–Trinajstić information content (AvgIpc) is 3.25. The van der Waals surface area contributed by atoms with Crippen LogP contribution in [0.2, 0.25) is 0 Å². The van der Waals surface area contributed by atoms with Gasteiger partial charge in [-0.2, -0.15) is 22.7 Å². The second kappa shape index (κ2) is 7.79. The maximum atomic E-state index is 12.6. The average molecular weight is 447 g/mol. The first-order valence-corrected chi connectivity index (χ1v) is 10.6. The van der Waals surface area contributed by atoms with E-state index in [2.05, 4.69) is 30.3 Å². The molecule has 0 spiro atoms. The van der Waals surface area contributed by atoms with Crippen molar-refractivity contribution in [3.05, 3.63) is 35.8 Å². The van der Waals surface area contributed by atoms with Gasteiger partial charge in [0.05, 0.1) is 0 Å². The third-order valence-corrected chi connectivity index (χ3v) is 6.27. The first-order valence-electron chi connectivity index (χ1n) is 10.6. The van der Waals surface area contributed by atoms with Gasteiger partial charge in [0.25, 0.3) is 0 Å². The summed E-state index contributed by atoms with van der Waals surface area (Å²) in [6.45, 7) is 4.16. The van der Waals surface area contributed by atoms with Gasteiger partial charge in [0.15, 0.2) is 12.3 Å². The molecular weight excluding hydrogens is 423 g/mol. The van der Waals surface area contributed by atoms with E-state index in [0.29, 0.717) is 23.4 Å². The van der Waals surface area contributed by atoms with E-state index >= 15 is 0 Å². The lowest BCUT2D eigenvalue weighted by Gasteiger charge is -2.38. The van der Waals surface area contributed by atoms with Crippen LogP contribution in [0.4, 0.5) is 24.9 Å². The highest BCUT2D eigenvalue weighted by Crippen LogP contribution is 2.39. The minimum absolute atomic E-state index is 0.0143. The molecule has 2 fully saturated rings. The predicted octanol–water partition coefficient (Wildman–Crippen LogP) is 3.40. The van der Waals surface area contributed by atoms with E-state index in [1.165, 1.54) is 10.6 Å². The maximum Gasteiger partial charge on any atom is 0.422 e. The molecule has 170 valence electrons. The summed E-state index contributed by atoms with van der Waals surface area (Å²) in [6, 6.07) is 5.37. The van der Waals surface area contributed by atoms with Crippen molar-refractivity contribution >= 4 is 17.4 Å². The van der Waals surface area contributed by atoms with Gasteiger partial charge >= 0.3 is 6.18 Å². The second-order valence-corrected chi connectivity index (χ2v) is 8.62. The lowest BCUT2D eigenvalue weighted by Crippen LogP contribution is -2.48. The van der Waals surface area contributed by atoms with Crippen molar-refractivity contribution in [3.8, 4) is 5.88 Å². The quantitative estimate of drug-likeness (QED) is 0.642. The Hall–Kier alpha value is -3.11. The van der Waals surface area contributed by atoms with Gasteiger partial charge in [-0.3, -0.25) is 0 Å². The molecule has 1 aliphatic carbocycles. The molecule has 0 unspecified atom stereocenters. The molecule has 1 N–H and O–H groups in total. The molecule has 8 nitrogen and oxygen atoms in total. The van der Waals surface area contributed by atoms with E-state index in [9.17, 15) is 13.2 Å². The number of hydrogen-bond acceptors (Lipinski definition) is 7. The molecule has 4 heterocycles. The number of pyridine rings is 1. The Balaban J connectivity index is 1.34. The number of ether oxygens (including phenoxy) is 1. The standard InChI is InChI=1S/C21H24F3N7O/c1-12-3-6-17(32-10-21(22,23)24)31-19(12)28-20(29-31)27-18-14-4-5-15(18)9-30(8-14)16-7-13(2)25-11-26-16/h3,6-7,11,14-15,18H,4-5,8-10H2,1-2H3,(H,27,29)/t14-,15+,18-. The Bertz CT molecular complexity index is 1120. The fourth-order valence-electron chi connectivity index (χ4n) is 4.80. The number of aromatic nitrogens is 5. The van der Waals surface area contributed by atoms with Crippen LogP contribution in [0.1, 0.15) is 24.1 Å². The zero-order valence-electron chi connectivity index (χ0n) is 17.8. The van der Waals surface area contributed by atoms with Crippen molar-refractivity contribution in [2.45, 2.75) is 38.9 Å². The molecule has 2 bridgehead atoms. The fraction of sp³-hybridized carbons (Fsp3) is 0.524. The summed E-state index contributed by atoms with van der Waals surface area (Å²) in [6.07, 6.45) is -0.642. The molecule has 0 radical (unpaired) electrons. The summed E-state index contributed by atoms with van der Waals surface area (Å²) < 4.78 is 44.1. The summed E-state index contributed by atoms with van der Waals surface area (Å²) in [7, 11) is 0. The minimum atomic E-state index is -4.42. The zero-order chi connectivity index (χ0) is 22.5. The first kappa shape index (κ1) is 20.8. The van der Waals surface area contributed by atoms with Crippen molar-refractivity contribution in [1.82, 2.24) is 24.6 Å². The molecule has 3 aromatic heterocycles. The number of anilines is 2. The van der Waals surface area contributed by atoms with Crippen LogP contribution in [-0.4, -0.2) is 56.5 Å². The Morgan fingerprint density at radius 2 is 1.88 bits per heavy atom. The van der Waals surface area contributed by atoms with Crippen molar-refractivity contribution in [2.75, 3.05) is 29.9 Å². The van der Waals surface area contributed by atoms with E-state index in [1.807, 2.05) is 19.9 Å². The number of rotatable bonds is 5. The normalized spacial score (nSPS) is 23.0. The number of hydrogen-bond donors (Lipinski definition) is 1. The van der Waals surface area contributed by atoms with Crippen LogP contribution in [0, 0.1) is 25.7 Å². The van der Waals surface area contributed by atoms with Gasteiger partial charge in [-0.05, 0) is 44.1 Å². The van der Waals surface area contributed by atoms with E-state index in [-0.39, 0.29) is 11.9 Å². The molecule has 0 aromatic carbocycles. The largest absolute Gasteiger partial charge is 0.468 e. The summed E-state index contributed by atoms with van der Waals surface area (Å²) in [4.78, 5) is 15.5. The first-order chi connectivity index (χ1) is 15.3. The lowest BCUT2D eigenvalue weighted by molar-refractivity contribution is -0.154. The third-order valence-electron chi connectivity index (χ3n) is 6.27. The van der Waals surface area contributed by atoms with Gasteiger partial charge in [0, 0.05) is 37.0 Å². The van der Waals surface area contributed by atoms with Gasteiger partial charge in [-0.15, -0.1) is 5.10 Å². The number of piperidine rings is 1. The van der Waals surface area contributed by atoms with Gasteiger partial charge in [0.1, 0.15) is 12.1 Å². The molecule has 1 saturated carbocycles. The van der Waals surface area contributed by atoms with Crippen LogP contribution >= 0.6 is 0 Å². The number of halogens is 3. The Labute approximate surface area is 182 Å². The van der Waals surface area contributed by atoms with E-state index in [4.69, 9.17) is 4.74 Å². The van der Waals surface area contributed by atoms with E-state index < -0.39 is 12.8 Å². The van der Waals surface area contributed by atoms with E-state index in [1.54, 1.807) is 12.4 Å². The molecule has 3 atom stereocenters. The number of fused-ring (bicyclic) bond motifs is 3. The third kappa shape index (κ3) is 4.03. The number of nitrogens with zero attached hydrogens (tertiary/aromatic N) is 6. The molecular formula is C21H24F3N7O. The number of aryl methyl sites for hydroxylation is 2. The highest BCUT2D eigenvalue weighted by molar-refractivity contribution is 5.53. The van der Waals surface area contributed by atoms with Crippen molar-refractivity contribution < 1.29 is 17.9 Å². The summed E-state index contributed by atoms with van der Waals surface area (Å²) in [5.41, 5.74) is 2.23. The highest BCUT2D eigenvalue weighted by atomic mass is 19.4. The van der Waals surface area contributed by atoms with Crippen LogP contribution in [0.5, 0.6) is 5.88 Å². The van der Waals surface area contributed by atoms with Gasteiger partial charge in [-0.25, -0.2) is 9.97 Å². The number of nitrogens with one attached hydrogen (secondary N) is 1. The lowest BCUT2D eigenvalue weighted by atomic mass is 9.92. The van der Waals surface area contributed by atoms with Crippen molar-refractivity contribution in [3.63, 3.8) is 0 Å². The molecule has 3 aromatic rings. The zero-order valence-corrected chi connectivity index (χ0v) is 17.8. The van der Waals surface area contributed by atoms with Crippen LogP contribution in [-0.2, 0) is 0 Å². The molecule has 2 aliphatic rings. The Kier molecular flexibility index (Phi) is 5.06. The maximum absolute atomic E-state index is 12.6. The smallest absolute Gasteiger partial charge is 0.422 e. The topological polar surface area (TPSA) is 80.5 Å². The van der Waals surface area contributed by atoms with Gasteiger partial charge in [0.2, 0.25) is 11.8 Å². The van der Waals surface area contributed by atoms with Gasteiger partial charge in [-0.1, -0.05) is 6.07 Å². The molecule has 5 rings (SSSR count). The highest BCUT2D eigenvalue weighted by Gasteiger charge is 2.43. The number of alkyl halides is 3. The van der Waals surface area contributed by atoms with Crippen LogP contribution in [0.3, 0.4) is 0 Å². The summed E-state index contributed by atoms with van der Waals surface area (Å²) in [5.74, 6) is 2.17. The van der Waals surface area contributed by atoms with Gasteiger partial charge < -0.3 is 15.0 Å². The van der Waals surface area contributed by atoms with Crippen LogP contribution < -0.4 is 15.0 Å². The SMILES string of the molecule is Cc1cc(N2C[C@H]3CC[C@@H](C2)[C@@H]3Nc2nc3c(C)ccc(OCC(F)(F)F)n3n2)ncn1. The minimum Gasteiger partial charge on any atom is -0.468 e. The van der Waals surface area contributed by atoms with Crippen LogP contribution in [0.25, 0.3) is 5.65 Å². The summed E-state index contributed by atoms with van der Waals surface area (Å²) in [5, 5.41) is 7.88. The molecule has 0 amide bonds. The molecule has 1 aliphatic heterocycles. The second-order valence-electron chi connectivity index (χ2n) is 8.62. The van der Waals surface area contributed by atoms with Crippen molar-refractivity contribution in [2.24, 2.45) is 11.8 Å². The molecule has 1 saturated heterocycles.